The van der Waals surface area contributed by atoms with Gasteiger partial charge in [-0.25, -0.2) is 4.98 Å². The van der Waals surface area contributed by atoms with Gasteiger partial charge in [-0.15, -0.1) is 0 Å². The first-order valence-corrected chi connectivity index (χ1v) is 5.66. The molecule has 0 saturated carbocycles. The Morgan fingerprint density at radius 2 is 2.31 bits per heavy atom. The van der Waals surface area contributed by atoms with Gasteiger partial charge in [0, 0.05) is 17.9 Å². The van der Waals surface area contributed by atoms with Gasteiger partial charge in [0.25, 0.3) is 0 Å². The number of hydrogen-bond donors (Lipinski definition) is 1. The molecule has 0 fully saturated rings. The molecular formula is C13H15N3. The number of benzene rings is 1. The molecule has 2 aromatic rings. The van der Waals surface area contributed by atoms with E-state index in [2.05, 4.69) is 46.1 Å². The molecule has 0 unspecified atom stereocenters. The Morgan fingerprint density at radius 1 is 1.44 bits per heavy atom. The summed E-state index contributed by atoms with van der Waals surface area (Å²) in [6.07, 6.45) is 4.78. The van der Waals surface area contributed by atoms with E-state index in [1.54, 1.807) is 6.33 Å². The molecule has 1 aromatic heterocycles. The van der Waals surface area contributed by atoms with E-state index >= 15 is 0 Å². The number of anilines is 1. The zero-order valence-electron chi connectivity index (χ0n) is 9.35. The van der Waals surface area contributed by atoms with Gasteiger partial charge in [-0.2, -0.15) is 0 Å². The van der Waals surface area contributed by atoms with E-state index in [1.165, 1.54) is 16.9 Å². The van der Waals surface area contributed by atoms with E-state index in [0.29, 0.717) is 6.04 Å². The average Bonchev–Trinajstić information content (AvgIpc) is 2.89. The molecule has 0 aliphatic carbocycles. The molecule has 0 bridgehead atoms. The molecule has 0 radical (unpaired) electrons. The lowest BCUT2D eigenvalue weighted by molar-refractivity contribution is 0.666. The van der Waals surface area contributed by atoms with Crippen LogP contribution in [0.3, 0.4) is 0 Å². The minimum absolute atomic E-state index is 0.570. The van der Waals surface area contributed by atoms with Gasteiger partial charge in [-0.05, 0) is 25.0 Å². The summed E-state index contributed by atoms with van der Waals surface area (Å²) in [6, 6.07) is 9.22. The zero-order valence-corrected chi connectivity index (χ0v) is 9.35. The second kappa shape index (κ2) is 3.67. The number of nitrogens with zero attached hydrogens (tertiary/aromatic N) is 2. The molecule has 2 heterocycles. The first-order chi connectivity index (χ1) is 7.84. The number of fused-ring (bicyclic) bond motifs is 1. The molecule has 1 aromatic carbocycles. The summed E-state index contributed by atoms with van der Waals surface area (Å²) < 4.78 is 0. The monoisotopic (exact) mass is 213 g/mol. The van der Waals surface area contributed by atoms with Crippen LogP contribution < -0.4 is 4.90 Å². The van der Waals surface area contributed by atoms with E-state index in [0.717, 1.165) is 13.0 Å². The average molecular weight is 213 g/mol. The summed E-state index contributed by atoms with van der Waals surface area (Å²) in [6.45, 7) is 3.19. The molecule has 0 amide bonds. The summed E-state index contributed by atoms with van der Waals surface area (Å²) in [5.41, 5.74) is 3.99. The molecule has 1 atom stereocenters. The lowest BCUT2D eigenvalue weighted by atomic mass is 10.1. The van der Waals surface area contributed by atoms with E-state index in [9.17, 15) is 0 Å². The van der Waals surface area contributed by atoms with Crippen molar-refractivity contribution in [2.24, 2.45) is 0 Å². The molecule has 3 heteroatoms. The fourth-order valence-corrected chi connectivity index (χ4v) is 2.43. The van der Waals surface area contributed by atoms with Gasteiger partial charge in [0.2, 0.25) is 0 Å². The van der Waals surface area contributed by atoms with Crippen molar-refractivity contribution in [1.82, 2.24) is 9.97 Å². The smallest absolute Gasteiger partial charge is 0.0922 e. The summed E-state index contributed by atoms with van der Waals surface area (Å²) in [4.78, 5) is 9.66. The van der Waals surface area contributed by atoms with Crippen molar-refractivity contribution in [2.75, 3.05) is 4.90 Å². The Labute approximate surface area is 95.1 Å². The number of para-hydroxylation sites is 1. The second-order valence-electron chi connectivity index (χ2n) is 4.39. The minimum Gasteiger partial charge on any atom is -0.362 e. The Bertz CT molecular complexity index is 476. The highest BCUT2D eigenvalue weighted by molar-refractivity contribution is 5.59. The van der Waals surface area contributed by atoms with Gasteiger partial charge in [0.15, 0.2) is 0 Å². The van der Waals surface area contributed by atoms with Crippen LogP contribution in [0.2, 0.25) is 0 Å². The lowest BCUT2D eigenvalue weighted by Gasteiger charge is -2.24. The van der Waals surface area contributed by atoms with Crippen LogP contribution in [0.5, 0.6) is 0 Å². The lowest BCUT2D eigenvalue weighted by Crippen LogP contribution is -2.28. The zero-order chi connectivity index (χ0) is 11.0. The standard InChI is InChI=1S/C13H15N3/c1-10-6-11-4-2-3-5-13(11)16(10)8-12-7-14-9-15-12/h2-5,7,9-10H,6,8H2,1H3,(H,14,15)/t10-/m0/s1. The van der Waals surface area contributed by atoms with Crippen molar-refractivity contribution < 1.29 is 0 Å². The van der Waals surface area contributed by atoms with Crippen molar-refractivity contribution in [3.05, 3.63) is 48.0 Å². The van der Waals surface area contributed by atoms with E-state index < -0.39 is 0 Å². The van der Waals surface area contributed by atoms with Crippen molar-refractivity contribution in [3.8, 4) is 0 Å². The topological polar surface area (TPSA) is 31.9 Å². The van der Waals surface area contributed by atoms with Crippen LogP contribution in [0.15, 0.2) is 36.8 Å². The Hall–Kier alpha value is -1.77. The van der Waals surface area contributed by atoms with Crippen molar-refractivity contribution in [1.29, 1.82) is 0 Å². The predicted octanol–water partition coefficient (Wildman–Crippen LogP) is 2.36. The van der Waals surface area contributed by atoms with Crippen LogP contribution in [-0.4, -0.2) is 16.0 Å². The van der Waals surface area contributed by atoms with Gasteiger partial charge in [0.1, 0.15) is 0 Å². The predicted molar refractivity (Wildman–Crippen MR) is 64.4 cm³/mol. The van der Waals surface area contributed by atoms with Gasteiger partial charge < -0.3 is 9.88 Å². The highest BCUT2D eigenvalue weighted by Gasteiger charge is 2.25. The van der Waals surface area contributed by atoms with Gasteiger partial charge in [-0.3, -0.25) is 0 Å². The molecule has 0 spiro atoms. The highest BCUT2D eigenvalue weighted by atomic mass is 15.2. The van der Waals surface area contributed by atoms with Crippen molar-refractivity contribution in [3.63, 3.8) is 0 Å². The van der Waals surface area contributed by atoms with Crippen molar-refractivity contribution >= 4 is 5.69 Å². The maximum atomic E-state index is 4.06. The first-order valence-electron chi connectivity index (χ1n) is 5.66. The SMILES string of the molecule is C[C@H]1Cc2ccccc2N1Cc1cnc[nH]1. The molecule has 1 N–H and O–H groups in total. The minimum atomic E-state index is 0.570. The second-order valence-corrected chi connectivity index (χ2v) is 4.39. The van der Waals surface area contributed by atoms with Crippen LogP contribution in [-0.2, 0) is 13.0 Å². The Morgan fingerprint density at radius 3 is 3.12 bits per heavy atom. The number of nitrogens with one attached hydrogen (secondary N) is 1. The number of rotatable bonds is 2. The Balaban J connectivity index is 1.90. The fourth-order valence-electron chi connectivity index (χ4n) is 2.43. The van der Waals surface area contributed by atoms with Gasteiger partial charge in [0.05, 0.1) is 18.6 Å². The summed E-state index contributed by atoms with van der Waals surface area (Å²) in [5.74, 6) is 0. The van der Waals surface area contributed by atoms with E-state index in [4.69, 9.17) is 0 Å². The summed E-state index contributed by atoms with van der Waals surface area (Å²) >= 11 is 0. The third-order valence-corrected chi connectivity index (χ3v) is 3.24. The third-order valence-electron chi connectivity index (χ3n) is 3.24. The molecular weight excluding hydrogens is 198 g/mol. The van der Waals surface area contributed by atoms with Gasteiger partial charge in [-0.1, -0.05) is 18.2 Å². The first kappa shape index (κ1) is 9.46. The molecule has 1 aliphatic rings. The summed E-state index contributed by atoms with van der Waals surface area (Å²) in [5, 5.41) is 0. The maximum absolute atomic E-state index is 4.06. The molecule has 3 rings (SSSR count). The van der Waals surface area contributed by atoms with Crippen LogP contribution >= 0.6 is 0 Å². The quantitative estimate of drug-likeness (QED) is 0.830. The number of aromatic amines is 1. The van der Waals surface area contributed by atoms with Gasteiger partial charge >= 0.3 is 0 Å². The van der Waals surface area contributed by atoms with E-state index in [1.807, 2.05) is 6.20 Å². The number of aromatic nitrogens is 2. The largest absolute Gasteiger partial charge is 0.362 e. The summed E-state index contributed by atoms with van der Waals surface area (Å²) in [7, 11) is 0. The van der Waals surface area contributed by atoms with Crippen LogP contribution in [0.4, 0.5) is 5.69 Å². The van der Waals surface area contributed by atoms with Crippen LogP contribution in [0, 0.1) is 0 Å². The molecule has 0 saturated heterocycles. The molecule has 16 heavy (non-hydrogen) atoms. The normalized spacial score (nSPS) is 18.8. The molecule has 1 aliphatic heterocycles. The third kappa shape index (κ3) is 1.48. The number of hydrogen-bond acceptors (Lipinski definition) is 2. The highest BCUT2D eigenvalue weighted by Crippen LogP contribution is 2.32. The Kier molecular flexibility index (Phi) is 2.17. The maximum Gasteiger partial charge on any atom is 0.0922 e. The number of H-pyrrole nitrogens is 1. The van der Waals surface area contributed by atoms with E-state index in [-0.39, 0.29) is 0 Å². The fraction of sp³-hybridized carbons (Fsp3) is 0.308. The van der Waals surface area contributed by atoms with Crippen LogP contribution in [0.1, 0.15) is 18.2 Å². The van der Waals surface area contributed by atoms with Crippen LogP contribution in [0.25, 0.3) is 0 Å². The number of imidazole rings is 1. The molecule has 82 valence electrons. The molecule has 3 nitrogen and oxygen atoms in total. The van der Waals surface area contributed by atoms with Crippen molar-refractivity contribution in [2.45, 2.75) is 25.9 Å².